The van der Waals surface area contributed by atoms with Gasteiger partial charge < -0.3 is 9.88 Å². The molecule has 0 aliphatic carbocycles. The molecule has 0 unspecified atom stereocenters. The lowest BCUT2D eigenvalue weighted by Crippen LogP contribution is -2.25. The Hall–Kier alpha value is -0.760. The summed E-state index contributed by atoms with van der Waals surface area (Å²) in [7, 11) is 0. The zero-order chi connectivity index (χ0) is 9.84. The van der Waals surface area contributed by atoms with E-state index in [9.17, 15) is 0 Å². The number of aryl methyl sites for hydroxylation is 1. The van der Waals surface area contributed by atoms with E-state index in [2.05, 4.69) is 56.0 Å². The Morgan fingerprint density at radius 3 is 2.54 bits per heavy atom. The molecule has 2 heteroatoms. The molecular formula is C11H20N2. The number of hydrogen-bond acceptors (Lipinski definition) is 1. The maximum atomic E-state index is 3.48. The van der Waals surface area contributed by atoms with Crippen molar-refractivity contribution in [2.24, 2.45) is 0 Å². The topological polar surface area (TPSA) is 17.0 Å². The van der Waals surface area contributed by atoms with E-state index in [1.54, 1.807) is 0 Å². The van der Waals surface area contributed by atoms with Crippen molar-refractivity contribution in [3.05, 3.63) is 24.0 Å². The molecule has 2 nitrogen and oxygen atoms in total. The summed E-state index contributed by atoms with van der Waals surface area (Å²) in [5.74, 6) is 0. The monoisotopic (exact) mass is 180 g/mol. The summed E-state index contributed by atoms with van der Waals surface area (Å²) in [5, 5.41) is 3.48. The minimum atomic E-state index is 0.452. The molecule has 0 aliphatic rings. The lowest BCUT2D eigenvalue weighted by molar-refractivity contribution is 0.505. The van der Waals surface area contributed by atoms with E-state index in [0.717, 1.165) is 6.54 Å². The van der Waals surface area contributed by atoms with Crippen molar-refractivity contribution < 1.29 is 0 Å². The molecule has 1 atom stereocenters. The third-order valence-corrected chi connectivity index (χ3v) is 2.22. The van der Waals surface area contributed by atoms with Gasteiger partial charge in [-0.15, -0.1) is 0 Å². The zero-order valence-corrected chi connectivity index (χ0v) is 9.04. The van der Waals surface area contributed by atoms with Gasteiger partial charge in [0.1, 0.15) is 0 Å². The highest BCUT2D eigenvalue weighted by molar-refractivity contribution is 5.14. The number of aromatic nitrogens is 1. The van der Waals surface area contributed by atoms with Crippen molar-refractivity contribution in [2.75, 3.05) is 0 Å². The molecule has 1 N–H and O–H groups in total. The van der Waals surface area contributed by atoms with Crippen molar-refractivity contribution >= 4 is 0 Å². The molecule has 0 saturated heterocycles. The van der Waals surface area contributed by atoms with Crippen LogP contribution in [0.25, 0.3) is 0 Å². The Balaban J connectivity index is 2.60. The number of nitrogens with zero attached hydrogens (tertiary/aromatic N) is 1. The Labute approximate surface area is 81.0 Å². The maximum absolute atomic E-state index is 3.48. The van der Waals surface area contributed by atoms with Gasteiger partial charge in [-0.05, 0) is 25.5 Å². The van der Waals surface area contributed by atoms with Gasteiger partial charge in [-0.1, -0.05) is 13.8 Å². The third kappa shape index (κ3) is 2.88. The van der Waals surface area contributed by atoms with Gasteiger partial charge in [-0.3, -0.25) is 0 Å². The van der Waals surface area contributed by atoms with E-state index in [4.69, 9.17) is 0 Å². The summed E-state index contributed by atoms with van der Waals surface area (Å²) in [4.78, 5) is 0. The van der Waals surface area contributed by atoms with E-state index in [-0.39, 0.29) is 0 Å². The third-order valence-electron chi connectivity index (χ3n) is 2.22. The van der Waals surface area contributed by atoms with Gasteiger partial charge in [-0.25, -0.2) is 0 Å². The molecule has 1 rings (SSSR count). The van der Waals surface area contributed by atoms with E-state index < -0.39 is 0 Å². The number of hydrogen-bond donors (Lipinski definition) is 1. The van der Waals surface area contributed by atoms with Crippen LogP contribution in [0, 0.1) is 0 Å². The minimum Gasteiger partial charge on any atom is -0.354 e. The van der Waals surface area contributed by atoms with Crippen LogP contribution in [-0.2, 0) is 6.54 Å². The summed E-state index contributed by atoms with van der Waals surface area (Å²) in [6.45, 7) is 9.76. The summed E-state index contributed by atoms with van der Waals surface area (Å²) >= 11 is 0. The second-order valence-electron chi connectivity index (χ2n) is 3.82. The second-order valence-corrected chi connectivity index (χ2v) is 3.82. The van der Waals surface area contributed by atoms with Crippen LogP contribution in [0.15, 0.2) is 18.5 Å². The summed E-state index contributed by atoms with van der Waals surface area (Å²) < 4.78 is 2.20. The van der Waals surface area contributed by atoms with Crippen LogP contribution in [0.3, 0.4) is 0 Å². The first-order valence-corrected chi connectivity index (χ1v) is 5.05. The van der Waals surface area contributed by atoms with Gasteiger partial charge in [-0.2, -0.15) is 0 Å². The highest BCUT2D eigenvalue weighted by atomic mass is 15.0. The lowest BCUT2D eigenvalue weighted by atomic mass is 10.1. The molecule has 0 radical (unpaired) electrons. The molecule has 1 heterocycles. The SMILES string of the molecule is CCn1ccc([C@H](C)NC(C)C)c1. The van der Waals surface area contributed by atoms with Crippen LogP contribution in [0.4, 0.5) is 0 Å². The van der Waals surface area contributed by atoms with Crippen molar-refractivity contribution in [3.8, 4) is 0 Å². The molecule has 0 aromatic carbocycles. The van der Waals surface area contributed by atoms with Gasteiger partial charge in [0.2, 0.25) is 0 Å². The molecular weight excluding hydrogens is 160 g/mol. The Morgan fingerprint density at radius 2 is 2.08 bits per heavy atom. The molecule has 74 valence electrons. The van der Waals surface area contributed by atoms with E-state index in [1.165, 1.54) is 5.56 Å². The van der Waals surface area contributed by atoms with Crippen LogP contribution < -0.4 is 5.32 Å². The summed E-state index contributed by atoms with van der Waals surface area (Å²) in [6, 6.07) is 3.18. The zero-order valence-electron chi connectivity index (χ0n) is 9.04. The highest BCUT2D eigenvalue weighted by Crippen LogP contribution is 2.13. The minimum absolute atomic E-state index is 0.452. The normalized spacial score (nSPS) is 13.6. The maximum Gasteiger partial charge on any atom is 0.0309 e. The number of rotatable bonds is 4. The lowest BCUT2D eigenvalue weighted by Gasteiger charge is -2.15. The van der Waals surface area contributed by atoms with Gasteiger partial charge in [0.05, 0.1) is 0 Å². The van der Waals surface area contributed by atoms with E-state index in [0.29, 0.717) is 12.1 Å². The Kier molecular flexibility index (Phi) is 3.55. The molecule has 0 aliphatic heterocycles. The highest BCUT2D eigenvalue weighted by Gasteiger charge is 2.06. The quantitative estimate of drug-likeness (QED) is 0.753. The fraction of sp³-hybridized carbons (Fsp3) is 0.636. The average Bonchev–Trinajstić information content (AvgIpc) is 2.50. The molecule has 0 saturated carbocycles. The Morgan fingerprint density at radius 1 is 1.38 bits per heavy atom. The first-order chi connectivity index (χ1) is 6.13. The second kappa shape index (κ2) is 4.47. The van der Waals surface area contributed by atoms with Crippen LogP contribution in [0.1, 0.15) is 39.3 Å². The molecule has 0 amide bonds. The predicted octanol–water partition coefficient (Wildman–Crippen LogP) is 2.57. The van der Waals surface area contributed by atoms with Crippen LogP contribution in [-0.4, -0.2) is 10.6 Å². The van der Waals surface area contributed by atoms with E-state index >= 15 is 0 Å². The first kappa shape index (κ1) is 10.3. The fourth-order valence-electron chi connectivity index (χ4n) is 1.51. The molecule has 0 bridgehead atoms. The van der Waals surface area contributed by atoms with Crippen LogP contribution in [0.5, 0.6) is 0 Å². The first-order valence-electron chi connectivity index (χ1n) is 5.05. The number of nitrogens with one attached hydrogen (secondary N) is 1. The van der Waals surface area contributed by atoms with Gasteiger partial charge in [0.15, 0.2) is 0 Å². The van der Waals surface area contributed by atoms with E-state index in [1.807, 2.05) is 0 Å². The summed E-state index contributed by atoms with van der Waals surface area (Å²) in [6.07, 6.45) is 4.34. The Bertz CT molecular complexity index is 250. The van der Waals surface area contributed by atoms with Gasteiger partial charge in [0.25, 0.3) is 0 Å². The molecule has 0 spiro atoms. The van der Waals surface area contributed by atoms with Crippen molar-refractivity contribution in [2.45, 2.75) is 46.3 Å². The molecule has 0 fully saturated rings. The molecule has 1 aromatic heterocycles. The summed E-state index contributed by atoms with van der Waals surface area (Å²) in [5.41, 5.74) is 1.37. The molecule has 13 heavy (non-hydrogen) atoms. The standard InChI is InChI=1S/C11H20N2/c1-5-13-7-6-11(8-13)10(4)12-9(2)3/h6-10,12H,5H2,1-4H3/t10-/m0/s1. The fourth-order valence-corrected chi connectivity index (χ4v) is 1.51. The van der Waals surface area contributed by atoms with Crippen molar-refractivity contribution in [1.82, 2.24) is 9.88 Å². The van der Waals surface area contributed by atoms with Gasteiger partial charge in [0, 0.05) is 31.0 Å². The van der Waals surface area contributed by atoms with Crippen LogP contribution in [0.2, 0.25) is 0 Å². The van der Waals surface area contributed by atoms with Crippen molar-refractivity contribution in [1.29, 1.82) is 0 Å². The predicted molar refractivity (Wildman–Crippen MR) is 56.8 cm³/mol. The smallest absolute Gasteiger partial charge is 0.0309 e. The van der Waals surface area contributed by atoms with Gasteiger partial charge >= 0.3 is 0 Å². The largest absolute Gasteiger partial charge is 0.354 e. The van der Waals surface area contributed by atoms with Crippen molar-refractivity contribution in [3.63, 3.8) is 0 Å². The molecule has 1 aromatic rings. The average molecular weight is 180 g/mol. The van der Waals surface area contributed by atoms with Crippen LogP contribution >= 0.6 is 0 Å².